The van der Waals surface area contributed by atoms with Gasteiger partial charge in [-0.3, -0.25) is 10.9 Å². The van der Waals surface area contributed by atoms with Gasteiger partial charge >= 0.3 is 6.03 Å². The van der Waals surface area contributed by atoms with Crippen LogP contribution in [-0.2, 0) is 0 Å². The smallest absolute Gasteiger partial charge is 0.320 e. The van der Waals surface area contributed by atoms with Gasteiger partial charge in [0.2, 0.25) is 0 Å². The molecule has 1 fully saturated rings. The summed E-state index contributed by atoms with van der Waals surface area (Å²) in [7, 11) is 0. The average Bonchev–Trinajstić information content (AvgIpc) is 2.40. The maximum Gasteiger partial charge on any atom is 0.336 e. The van der Waals surface area contributed by atoms with Crippen molar-refractivity contribution < 1.29 is 4.79 Å². The number of hydrazine groups is 1. The van der Waals surface area contributed by atoms with Crippen LogP contribution in [0.3, 0.4) is 0 Å². The van der Waals surface area contributed by atoms with Crippen LogP contribution < -0.4 is 10.9 Å². The lowest BCUT2D eigenvalue weighted by Gasteiger charge is -2.36. The molecule has 2 amide bonds. The minimum Gasteiger partial charge on any atom is -0.320 e. The van der Waals surface area contributed by atoms with Crippen LogP contribution in [0.5, 0.6) is 0 Å². The fraction of sp³-hybridized carbons (Fsp3) is 0.714. The van der Waals surface area contributed by atoms with Gasteiger partial charge in [0.1, 0.15) is 0 Å². The fourth-order valence-electron chi connectivity index (χ4n) is 2.15. The SMILES string of the molecule is CC/C=N\C(NNC(=O)N1CC(C)CCC1C)=C(/C)Cl. The normalized spacial score (nSPS) is 24.6. The third kappa shape index (κ3) is 5.04. The number of nitrogens with one attached hydrogen (secondary N) is 2. The maximum atomic E-state index is 12.2. The van der Waals surface area contributed by atoms with E-state index in [1.807, 2.05) is 11.8 Å². The van der Waals surface area contributed by atoms with Crippen molar-refractivity contribution in [2.24, 2.45) is 10.9 Å². The van der Waals surface area contributed by atoms with Crippen LogP contribution >= 0.6 is 11.6 Å². The van der Waals surface area contributed by atoms with E-state index in [2.05, 4.69) is 29.7 Å². The van der Waals surface area contributed by atoms with E-state index in [9.17, 15) is 4.79 Å². The molecule has 0 spiro atoms. The van der Waals surface area contributed by atoms with Gasteiger partial charge in [-0.1, -0.05) is 25.4 Å². The Morgan fingerprint density at radius 3 is 2.70 bits per heavy atom. The number of urea groups is 1. The van der Waals surface area contributed by atoms with Crippen LogP contribution in [0, 0.1) is 5.92 Å². The van der Waals surface area contributed by atoms with Crippen LogP contribution in [-0.4, -0.2) is 29.7 Å². The van der Waals surface area contributed by atoms with Crippen molar-refractivity contribution in [1.29, 1.82) is 0 Å². The van der Waals surface area contributed by atoms with Gasteiger partial charge in [-0.2, -0.15) is 0 Å². The monoisotopic (exact) mass is 300 g/mol. The molecule has 2 unspecified atom stereocenters. The van der Waals surface area contributed by atoms with Crippen LogP contribution in [0.15, 0.2) is 15.8 Å². The quantitative estimate of drug-likeness (QED) is 0.618. The molecule has 6 heteroatoms. The number of nitrogens with zero attached hydrogens (tertiary/aromatic N) is 2. The molecule has 0 aromatic rings. The zero-order chi connectivity index (χ0) is 15.1. The standard InChI is InChI=1S/C14H25ClN4O/c1-5-8-16-13(12(4)15)17-18-14(20)19-9-10(2)6-7-11(19)3/h8,10-11,17H,5-7,9H2,1-4H3,(H,18,20)/b13-12-,16-8-. The third-order valence-corrected chi connectivity index (χ3v) is 3.57. The van der Waals surface area contributed by atoms with Crippen molar-refractivity contribution in [2.75, 3.05) is 6.54 Å². The molecule has 5 nitrogen and oxygen atoms in total. The molecule has 0 aliphatic carbocycles. The highest BCUT2D eigenvalue weighted by molar-refractivity contribution is 6.29. The third-order valence-electron chi connectivity index (χ3n) is 3.40. The first kappa shape index (κ1) is 16.8. The molecule has 20 heavy (non-hydrogen) atoms. The molecule has 1 saturated heterocycles. The second-order valence-corrected chi connectivity index (χ2v) is 5.91. The molecular weight excluding hydrogens is 276 g/mol. The lowest BCUT2D eigenvalue weighted by Crippen LogP contribution is -2.52. The highest BCUT2D eigenvalue weighted by Crippen LogP contribution is 2.21. The molecule has 0 radical (unpaired) electrons. The Morgan fingerprint density at radius 1 is 1.40 bits per heavy atom. The van der Waals surface area contributed by atoms with E-state index in [0.717, 1.165) is 19.4 Å². The number of likely N-dealkylation sites (tertiary alicyclic amines) is 1. The van der Waals surface area contributed by atoms with E-state index in [0.29, 0.717) is 16.8 Å². The van der Waals surface area contributed by atoms with Gasteiger partial charge in [-0.05, 0) is 39.0 Å². The first-order valence-electron chi connectivity index (χ1n) is 7.17. The van der Waals surface area contributed by atoms with Crippen LogP contribution in [0.2, 0.25) is 0 Å². The van der Waals surface area contributed by atoms with E-state index >= 15 is 0 Å². The number of carbonyl (C=O) groups excluding carboxylic acids is 1. The van der Waals surface area contributed by atoms with E-state index in [1.54, 1.807) is 13.1 Å². The Bertz CT molecular complexity index is 391. The summed E-state index contributed by atoms with van der Waals surface area (Å²) >= 11 is 5.94. The predicted molar refractivity (Wildman–Crippen MR) is 83.6 cm³/mol. The minimum atomic E-state index is -0.133. The number of halogens is 1. The molecule has 2 N–H and O–H groups in total. The van der Waals surface area contributed by atoms with Crippen molar-refractivity contribution in [3.63, 3.8) is 0 Å². The van der Waals surface area contributed by atoms with Gasteiger partial charge in [0.25, 0.3) is 0 Å². The first-order valence-corrected chi connectivity index (χ1v) is 7.55. The fourth-order valence-corrected chi connectivity index (χ4v) is 2.24. The number of carbonyl (C=O) groups is 1. The van der Waals surface area contributed by atoms with Gasteiger partial charge in [-0.15, -0.1) is 0 Å². The zero-order valence-corrected chi connectivity index (χ0v) is 13.5. The van der Waals surface area contributed by atoms with E-state index in [-0.39, 0.29) is 12.1 Å². The Balaban J connectivity index is 2.57. The first-order chi connectivity index (χ1) is 9.45. The topological polar surface area (TPSA) is 56.7 Å². The number of piperidine rings is 1. The number of allylic oxidation sites excluding steroid dienone is 1. The number of rotatable bonds is 4. The van der Waals surface area contributed by atoms with Crippen molar-refractivity contribution in [3.05, 3.63) is 10.9 Å². The molecule has 0 aromatic carbocycles. The number of hydrogen-bond donors (Lipinski definition) is 2. The number of aliphatic imine (C=N–C) groups is 1. The predicted octanol–water partition coefficient (Wildman–Crippen LogP) is 3.23. The molecule has 0 aromatic heterocycles. The maximum absolute atomic E-state index is 12.2. The summed E-state index contributed by atoms with van der Waals surface area (Å²) in [4.78, 5) is 18.2. The second-order valence-electron chi connectivity index (χ2n) is 5.34. The van der Waals surface area contributed by atoms with Gasteiger partial charge in [0.15, 0.2) is 5.82 Å². The molecular formula is C14H25ClN4O. The molecule has 1 aliphatic rings. The summed E-state index contributed by atoms with van der Waals surface area (Å²) in [6, 6.07) is 0.128. The molecule has 0 saturated carbocycles. The number of amides is 2. The Kier molecular flexibility index (Phi) is 6.85. The summed E-state index contributed by atoms with van der Waals surface area (Å²) in [5.74, 6) is 1.01. The largest absolute Gasteiger partial charge is 0.336 e. The highest BCUT2D eigenvalue weighted by atomic mass is 35.5. The van der Waals surface area contributed by atoms with Crippen LogP contribution in [0.1, 0.15) is 47.0 Å². The lowest BCUT2D eigenvalue weighted by molar-refractivity contribution is 0.134. The Hall–Kier alpha value is -1.23. The summed E-state index contributed by atoms with van der Waals surface area (Å²) in [6.07, 6.45) is 4.76. The van der Waals surface area contributed by atoms with Crippen molar-refractivity contribution in [2.45, 2.75) is 53.0 Å². The summed E-state index contributed by atoms with van der Waals surface area (Å²) < 4.78 is 0. The number of hydrogen-bond acceptors (Lipinski definition) is 3. The molecule has 1 rings (SSSR count). The second kappa shape index (κ2) is 8.15. The summed E-state index contributed by atoms with van der Waals surface area (Å²) in [5, 5.41) is 0.509. The zero-order valence-electron chi connectivity index (χ0n) is 12.7. The Labute approximate surface area is 126 Å². The van der Waals surface area contributed by atoms with E-state index in [4.69, 9.17) is 11.6 Å². The molecule has 1 heterocycles. The van der Waals surface area contributed by atoms with Crippen molar-refractivity contribution in [1.82, 2.24) is 15.8 Å². The van der Waals surface area contributed by atoms with E-state index in [1.165, 1.54) is 6.42 Å². The van der Waals surface area contributed by atoms with Crippen molar-refractivity contribution >= 4 is 23.8 Å². The summed E-state index contributed by atoms with van der Waals surface area (Å²) in [5.41, 5.74) is 5.47. The van der Waals surface area contributed by atoms with Crippen LogP contribution in [0.4, 0.5) is 4.79 Å². The van der Waals surface area contributed by atoms with Gasteiger partial charge < -0.3 is 4.90 Å². The lowest BCUT2D eigenvalue weighted by atomic mass is 9.95. The molecule has 2 atom stereocenters. The minimum absolute atomic E-state index is 0.133. The molecule has 114 valence electrons. The Morgan fingerprint density at radius 2 is 2.10 bits per heavy atom. The van der Waals surface area contributed by atoms with Crippen molar-refractivity contribution in [3.8, 4) is 0 Å². The van der Waals surface area contributed by atoms with Gasteiger partial charge in [0, 0.05) is 18.8 Å². The average molecular weight is 301 g/mol. The van der Waals surface area contributed by atoms with Gasteiger partial charge in [0.05, 0.1) is 5.03 Å². The van der Waals surface area contributed by atoms with Crippen LogP contribution in [0.25, 0.3) is 0 Å². The molecule has 1 aliphatic heterocycles. The highest BCUT2D eigenvalue weighted by Gasteiger charge is 2.26. The molecule has 0 bridgehead atoms. The van der Waals surface area contributed by atoms with Gasteiger partial charge in [-0.25, -0.2) is 9.79 Å². The van der Waals surface area contributed by atoms with E-state index < -0.39 is 0 Å². The summed E-state index contributed by atoms with van der Waals surface area (Å²) in [6.45, 7) is 8.74.